The van der Waals surface area contributed by atoms with Gasteiger partial charge in [0, 0.05) is 0 Å². The lowest BCUT2D eigenvalue weighted by atomic mass is 9.79. The van der Waals surface area contributed by atoms with Crippen LogP contribution in [0.2, 0.25) is 0 Å². The van der Waals surface area contributed by atoms with E-state index in [2.05, 4.69) is 48.5 Å². The van der Waals surface area contributed by atoms with Crippen LogP contribution in [0.4, 0.5) is 0 Å². The van der Waals surface area contributed by atoms with E-state index in [0.29, 0.717) is 32.3 Å². The average Bonchev–Trinajstić information content (AvgIpc) is 3.23. The van der Waals surface area contributed by atoms with Gasteiger partial charge in [0.25, 0.3) is 0 Å². The molecule has 60 heavy (non-hydrogen) atoms. The van der Waals surface area contributed by atoms with E-state index >= 15 is 0 Å². The van der Waals surface area contributed by atoms with E-state index in [1.165, 1.54) is 96.3 Å². The number of hydrogen-bond donors (Lipinski definition) is 0. The molecule has 2 fully saturated rings. The highest BCUT2D eigenvalue weighted by Gasteiger charge is 2.39. The van der Waals surface area contributed by atoms with Crippen LogP contribution in [0.15, 0.2) is 0 Å². The van der Waals surface area contributed by atoms with Gasteiger partial charge in [0.15, 0.2) is 0 Å². The van der Waals surface area contributed by atoms with Crippen molar-refractivity contribution in [2.24, 2.45) is 41.4 Å². The van der Waals surface area contributed by atoms with E-state index in [1.807, 2.05) is 0 Å². The van der Waals surface area contributed by atoms with Gasteiger partial charge in [-0.3, -0.25) is 19.2 Å². The first kappa shape index (κ1) is 55.9. The highest BCUT2D eigenvalue weighted by Crippen LogP contribution is 2.33. The second-order valence-corrected chi connectivity index (χ2v) is 19.4. The number of hydrogen-bond acceptors (Lipinski definition) is 8. The number of unbranched alkanes of at least 4 members (excludes halogenated alkanes) is 14. The molecule has 0 spiro atoms. The van der Waals surface area contributed by atoms with Crippen molar-refractivity contribution in [2.45, 2.75) is 241 Å². The molecule has 0 saturated heterocycles. The van der Waals surface area contributed by atoms with E-state index in [9.17, 15) is 19.2 Å². The van der Waals surface area contributed by atoms with Gasteiger partial charge >= 0.3 is 23.9 Å². The SMILES string of the molecule is CC(C)CCCCCCOC(=O)C1CCCCC1C(=O)OCCCCCCC(C)C.CCCCCCCCCOC(=O)C1CCCCC1C(=O)OCCC(C)CCCCC. The summed E-state index contributed by atoms with van der Waals surface area (Å²) < 4.78 is 22.2. The fraction of sp³-hybridized carbons (Fsp3) is 0.923. The van der Waals surface area contributed by atoms with E-state index in [-0.39, 0.29) is 47.5 Å². The topological polar surface area (TPSA) is 105 Å². The van der Waals surface area contributed by atoms with E-state index in [1.54, 1.807) is 0 Å². The van der Waals surface area contributed by atoms with Gasteiger partial charge in [0.2, 0.25) is 0 Å². The third-order valence-electron chi connectivity index (χ3n) is 12.7. The summed E-state index contributed by atoms with van der Waals surface area (Å²) >= 11 is 0. The van der Waals surface area contributed by atoms with Crippen molar-refractivity contribution in [1.29, 1.82) is 0 Å². The number of carbonyl (C=O) groups excluding carboxylic acids is 4. The molecule has 0 aromatic rings. The van der Waals surface area contributed by atoms with Crippen LogP contribution in [-0.4, -0.2) is 50.3 Å². The minimum absolute atomic E-state index is 0.185. The van der Waals surface area contributed by atoms with Crippen molar-refractivity contribution in [3.8, 4) is 0 Å². The second kappa shape index (κ2) is 37.4. The van der Waals surface area contributed by atoms with Gasteiger partial charge < -0.3 is 18.9 Å². The molecule has 2 rings (SSSR count). The highest BCUT2D eigenvalue weighted by atomic mass is 16.5. The zero-order chi connectivity index (χ0) is 44.2. The first-order chi connectivity index (χ1) is 29.0. The van der Waals surface area contributed by atoms with Gasteiger partial charge in [0.1, 0.15) is 0 Å². The second-order valence-electron chi connectivity index (χ2n) is 19.4. The molecule has 2 aliphatic carbocycles. The zero-order valence-corrected chi connectivity index (χ0v) is 40.3. The zero-order valence-electron chi connectivity index (χ0n) is 40.3. The molecule has 5 unspecified atom stereocenters. The van der Waals surface area contributed by atoms with E-state index in [0.717, 1.165) is 108 Å². The molecule has 8 heteroatoms. The number of ether oxygens (including phenoxy) is 4. The summed E-state index contributed by atoms with van der Waals surface area (Å²) in [6.07, 6.45) is 32.7. The summed E-state index contributed by atoms with van der Waals surface area (Å²) in [6.45, 7) is 17.6. The third kappa shape index (κ3) is 28.5. The summed E-state index contributed by atoms with van der Waals surface area (Å²) in [5, 5.41) is 0. The molecule has 0 radical (unpaired) electrons. The van der Waals surface area contributed by atoms with Crippen molar-refractivity contribution in [3.05, 3.63) is 0 Å². The summed E-state index contributed by atoms with van der Waals surface area (Å²) in [6, 6.07) is 0. The Hall–Kier alpha value is -2.12. The van der Waals surface area contributed by atoms with Crippen LogP contribution >= 0.6 is 0 Å². The number of rotatable bonds is 33. The van der Waals surface area contributed by atoms with Crippen LogP contribution in [0, 0.1) is 41.4 Å². The smallest absolute Gasteiger partial charge is 0.309 e. The molecule has 0 aromatic carbocycles. The molecule has 2 saturated carbocycles. The van der Waals surface area contributed by atoms with Crippen molar-refractivity contribution in [3.63, 3.8) is 0 Å². The molecule has 0 aromatic heterocycles. The minimum Gasteiger partial charge on any atom is -0.465 e. The molecule has 2 aliphatic rings. The molecule has 0 bridgehead atoms. The van der Waals surface area contributed by atoms with Gasteiger partial charge in [-0.1, -0.05) is 190 Å². The maximum atomic E-state index is 12.6. The number of carbonyl (C=O) groups is 4. The number of esters is 4. The summed E-state index contributed by atoms with van der Waals surface area (Å²) in [5.74, 6) is 0.124. The molecule has 5 atom stereocenters. The van der Waals surface area contributed by atoms with Crippen molar-refractivity contribution >= 4 is 23.9 Å². The Morgan fingerprint density at radius 3 is 1.00 bits per heavy atom. The van der Waals surface area contributed by atoms with Gasteiger partial charge in [-0.15, -0.1) is 0 Å². The van der Waals surface area contributed by atoms with E-state index in [4.69, 9.17) is 18.9 Å². The van der Waals surface area contributed by atoms with Crippen LogP contribution in [0.5, 0.6) is 0 Å². The lowest BCUT2D eigenvalue weighted by molar-refractivity contribution is -0.163. The molecule has 0 N–H and O–H groups in total. The third-order valence-corrected chi connectivity index (χ3v) is 12.7. The van der Waals surface area contributed by atoms with Crippen molar-refractivity contribution < 1.29 is 38.1 Å². The summed E-state index contributed by atoms with van der Waals surface area (Å²) in [4.78, 5) is 50.3. The Morgan fingerprint density at radius 2 is 0.650 bits per heavy atom. The maximum absolute atomic E-state index is 12.6. The van der Waals surface area contributed by atoms with Gasteiger partial charge in [-0.05, 0) is 69.1 Å². The molecule has 352 valence electrons. The monoisotopic (exact) mass is 849 g/mol. The fourth-order valence-corrected chi connectivity index (χ4v) is 8.66. The Bertz CT molecular complexity index is 1030. The predicted molar refractivity (Wildman–Crippen MR) is 246 cm³/mol. The Balaban J connectivity index is 0.000000600. The molecule has 0 amide bonds. The largest absolute Gasteiger partial charge is 0.465 e. The standard InChI is InChI=1S/2C26H48O4/c1-21(2)15-9-5-7-13-19-29-25(27)23-17-11-12-18-24(23)26(28)30-20-14-8-6-10-16-22(3)4;1-4-6-8-9-10-11-15-20-29-25(27)23-17-13-14-18-24(23)26(28)30-21-19-22(3)16-12-7-5-2/h21-24H,5-20H2,1-4H3;22-24H,4-21H2,1-3H3. The van der Waals surface area contributed by atoms with Crippen LogP contribution < -0.4 is 0 Å². The molecule has 8 nitrogen and oxygen atoms in total. The van der Waals surface area contributed by atoms with Gasteiger partial charge in [-0.2, -0.15) is 0 Å². The quantitative estimate of drug-likeness (QED) is 0.0365. The molecule has 0 heterocycles. The van der Waals surface area contributed by atoms with Crippen LogP contribution in [0.3, 0.4) is 0 Å². The van der Waals surface area contributed by atoms with Crippen LogP contribution in [-0.2, 0) is 38.1 Å². The summed E-state index contributed by atoms with van der Waals surface area (Å²) in [7, 11) is 0. The lowest BCUT2D eigenvalue weighted by Gasteiger charge is -2.28. The molecular weight excluding hydrogens is 753 g/mol. The molecular formula is C52H96O8. The summed E-state index contributed by atoms with van der Waals surface area (Å²) in [5.41, 5.74) is 0. The Labute approximate surface area is 369 Å². The Kier molecular flexibility index (Phi) is 34.9. The normalized spacial score (nSPS) is 19.6. The first-order valence-corrected chi connectivity index (χ1v) is 25.7. The maximum Gasteiger partial charge on any atom is 0.309 e. The highest BCUT2D eigenvalue weighted by molar-refractivity contribution is 5.83. The fourth-order valence-electron chi connectivity index (χ4n) is 8.66. The lowest BCUT2D eigenvalue weighted by Crippen LogP contribution is -2.35. The van der Waals surface area contributed by atoms with Gasteiger partial charge in [0.05, 0.1) is 50.1 Å². The van der Waals surface area contributed by atoms with Gasteiger partial charge in [-0.25, -0.2) is 0 Å². The van der Waals surface area contributed by atoms with Crippen LogP contribution in [0.25, 0.3) is 0 Å². The van der Waals surface area contributed by atoms with Crippen LogP contribution in [0.1, 0.15) is 241 Å². The van der Waals surface area contributed by atoms with Crippen molar-refractivity contribution in [2.75, 3.05) is 26.4 Å². The Morgan fingerprint density at radius 1 is 0.367 bits per heavy atom. The molecule has 0 aliphatic heterocycles. The first-order valence-electron chi connectivity index (χ1n) is 25.7. The average molecular weight is 849 g/mol. The predicted octanol–water partition coefficient (Wildman–Crippen LogP) is 14.3. The minimum atomic E-state index is -0.310. The van der Waals surface area contributed by atoms with Crippen molar-refractivity contribution in [1.82, 2.24) is 0 Å². The van der Waals surface area contributed by atoms with E-state index < -0.39 is 0 Å².